The van der Waals surface area contributed by atoms with Crippen molar-refractivity contribution in [1.82, 2.24) is 19.4 Å². The minimum absolute atomic E-state index is 0.447. The van der Waals surface area contributed by atoms with Crippen LogP contribution in [-0.2, 0) is 6.61 Å². The monoisotopic (exact) mass is 403 g/mol. The molecule has 4 aromatic heterocycles. The highest BCUT2D eigenvalue weighted by Gasteiger charge is 2.14. The summed E-state index contributed by atoms with van der Waals surface area (Å²) >= 11 is 0. The Morgan fingerprint density at radius 2 is 1.81 bits per heavy atom. The van der Waals surface area contributed by atoms with E-state index >= 15 is 0 Å². The van der Waals surface area contributed by atoms with Gasteiger partial charge in [0, 0.05) is 29.5 Å². The number of imidazole rings is 1. The van der Waals surface area contributed by atoms with Crippen LogP contribution in [0.1, 0.15) is 5.56 Å². The number of ether oxygens (including phenoxy) is 1. The number of nitrogens with zero attached hydrogens (tertiary/aromatic N) is 5. The van der Waals surface area contributed by atoms with E-state index in [0.29, 0.717) is 18.3 Å². The van der Waals surface area contributed by atoms with E-state index in [2.05, 4.69) is 19.8 Å². The fourth-order valence-electron chi connectivity index (χ4n) is 3.41. The smallest absolute Gasteiger partial charge is 0.254 e. The molecule has 0 spiro atoms. The van der Waals surface area contributed by atoms with Crippen LogP contribution in [0.5, 0.6) is 5.88 Å². The Kier molecular flexibility index (Phi) is 4.83. The molecule has 1 aromatic carbocycles. The molecule has 0 saturated carbocycles. The Morgan fingerprint density at radius 1 is 0.903 bits per heavy atom. The Hall–Kier alpha value is -4.50. The summed E-state index contributed by atoms with van der Waals surface area (Å²) in [5, 5.41) is 0. The zero-order valence-corrected chi connectivity index (χ0v) is 16.5. The van der Waals surface area contributed by atoms with Gasteiger partial charge in [0.2, 0.25) is 11.5 Å². The summed E-state index contributed by atoms with van der Waals surface area (Å²) in [6.45, 7) is 7.80. The average molecular weight is 403 g/mol. The third kappa shape index (κ3) is 3.72. The number of hydrogen-bond acceptors (Lipinski definition) is 4. The number of rotatable bonds is 5. The highest BCUT2D eigenvalue weighted by atomic mass is 16.5. The second-order valence-corrected chi connectivity index (χ2v) is 6.91. The van der Waals surface area contributed by atoms with E-state index in [4.69, 9.17) is 11.3 Å². The van der Waals surface area contributed by atoms with Gasteiger partial charge in [-0.1, -0.05) is 49.0 Å². The first-order valence-electron chi connectivity index (χ1n) is 9.76. The van der Waals surface area contributed by atoms with Gasteiger partial charge in [0.25, 0.3) is 5.82 Å². The Labute approximate surface area is 179 Å². The molecule has 31 heavy (non-hydrogen) atoms. The van der Waals surface area contributed by atoms with Gasteiger partial charge in [-0.15, -0.1) is 0 Å². The normalized spacial score (nSPS) is 10.7. The lowest BCUT2D eigenvalue weighted by Gasteiger charge is -2.10. The maximum absolute atomic E-state index is 7.35. The Balaban J connectivity index is 1.50. The van der Waals surface area contributed by atoms with Crippen LogP contribution in [0.15, 0.2) is 91.4 Å². The van der Waals surface area contributed by atoms with Crippen molar-refractivity contribution in [3.63, 3.8) is 0 Å². The maximum atomic E-state index is 7.35. The Morgan fingerprint density at radius 3 is 2.68 bits per heavy atom. The van der Waals surface area contributed by atoms with E-state index in [1.807, 2.05) is 79.0 Å². The fraction of sp³-hybridized carbons (Fsp3) is 0.0400. The predicted octanol–water partition coefficient (Wildman–Crippen LogP) is 5.59. The van der Waals surface area contributed by atoms with Gasteiger partial charge in [0.15, 0.2) is 0 Å². The molecular formula is C25H17N5O. The van der Waals surface area contributed by atoms with Gasteiger partial charge in [-0.05, 0) is 23.8 Å². The summed E-state index contributed by atoms with van der Waals surface area (Å²) in [7, 11) is 0. The van der Waals surface area contributed by atoms with Crippen LogP contribution >= 0.6 is 0 Å². The number of pyridine rings is 3. The zero-order valence-electron chi connectivity index (χ0n) is 16.5. The van der Waals surface area contributed by atoms with Crippen LogP contribution in [0.4, 0.5) is 5.82 Å². The van der Waals surface area contributed by atoms with Gasteiger partial charge in [-0.2, -0.15) is 0 Å². The van der Waals surface area contributed by atoms with E-state index in [-0.39, 0.29) is 0 Å². The van der Waals surface area contributed by atoms with E-state index < -0.39 is 0 Å². The molecule has 0 N–H and O–H groups in total. The molecule has 6 nitrogen and oxygen atoms in total. The third-order valence-corrected chi connectivity index (χ3v) is 4.92. The van der Waals surface area contributed by atoms with Crippen LogP contribution in [0, 0.1) is 6.57 Å². The summed E-state index contributed by atoms with van der Waals surface area (Å²) < 4.78 is 7.68. The molecule has 0 bridgehead atoms. The number of fused-ring (bicyclic) bond motifs is 1. The molecule has 0 aliphatic carbocycles. The molecule has 0 amide bonds. The second-order valence-electron chi connectivity index (χ2n) is 6.91. The van der Waals surface area contributed by atoms with E-state index in [1.54, 1.807) is 16.8 Å². The molecule has 4 heterocycles. The average Bonchev–Trinajstić information content (AvgIpc) is 3.26. The number of benzene rings is 1. The summed E-state index contributed by atoms with van der Waals surface area (Å²) in [5.74, 6) is 1.01. The van der Waals surface area contributed by atoms with Crippen molar-refractivity contribution in [3.8, 4) is 28.4 Å². The van der Waals surface area contributed by atoms with Crippen molar-refractivity contribution in [2.45, 2.75) is 6.61 Å². The fourth-order valence-corrected chi connectivity index (χ4v) is 3.41. The van der Waals surface area contributed by atoms with Gasteiger partial charge in [-0.3, -0.25) is 4.98 Å². The SMILES string of the molecule is [C-]#[N+]c1cnc2ccc(-c3cccnc3-c3cccc(OCc4ccccc4)n3)cn12. The highest BCUT2D eigenvalue weighted by molar-refractivity contribution is 5.79. The molecule has 0 aliphatic rings. The zero-order chi connectivity index (χ0) is 21.0. The largest absolute Gasteiger partial charge is 0.473 e. The van der Waals surface area contributed by atoms with Crippen LogP contribution in [0.2, 0.25) is 0 Å². The molecule has 0 radical (unpaired) electrons. The second kappa shape index (κ2) is 8.09. The molecule has 6 heteroatoms. The van der Waals surface area contributed by atoms with Crippen molar-refractivity contribution in [1.29, 1.82) is 0 Å². The lowest BCUT2D eigenvalue weighted by molar-refractivity contribution is 0.294. The van der Waals surface area contributed by atoms with Crippen molar-refractivity contribution in [3.05, 3.63) is 108 Å². The lowest BCUT2D eigenvalue weighted by atomic mass is 10.0. The number of aromatic nitrogens is 4. The molecule has 5 rings (SSSR count). The van der Waals surface area contributed by atoms with Crippen molar-refractivity contribution in [2.75, 3.05) is 0 Å². The first kappa shape index (κ1) is 18.5. The summed E-state index contributed by atoms with van der Waals surface area (Å²) in [6.07, 6.45) is 5.23. The molecule has 0 atom stereocenters. The standard InChI is InChI=1S/C25H17N5O/c1-26-23-15-28-22-13-12-19(16-30(22)23)20-9-6-14-27-25(20)21-10-5-11-24(29-21)31-17-18-7-3-2-4-8-18/h2-16H,17H2. The van der Waals surface area contributed by atoms with Gasteiger partial charge >= 0.3 is 0 Å². The molecule has 5 aromatic rings. The molecule has 0 unspecified atom stereocenters. The molecule has 0 aliphatic heterocycles. The van der Waals surface area contributed by atoms with Crippen LogP contribution in [-0.4, -0.2) is 19.4 Å². The first-order chi connectivity index (χ1) is 15.3. The van der Waals surface area contributed by atoms with Crippen LogP contribution in [0.3, 0.4) is 0 Å². The molecule has 0 saturated heterocycles. The Bertz CT molecular complexity index is 1400. The van der Waals surface area contributed by atoms with Gasteiger partial charge in [-0.25, -0.2) is 14.4 Å². The third-order valence-electron chi connectivity index (χ3n) is 4.92. The quantitative estimate of drug-likeness (QED) is 0.359. The van der Waals surface area contributed by atoms with Crippen LogP contribution < -0.4 is 4.74 Å². The van der Waals surface area contributed by atoms with Gasteiger partial charge in [0.1, 0.15) is 6.61 Å². The van der Waals surface area contributed by atoms with Gasteiger partial charge < -0.3 is 9.58 Å². The van der Waals surface area contributed by atoms with Crippen LogP contribution in [0.25, 0.3) is 33.0 Å². The van der Waals surface area contributed by atoms with E-state index in [0.717, 1.165) is 33.7 Å². The van der Waals surface area contributed by atoms with E-state index in [9.17, 15) is 0 Å². The molecular weight excluding hydrogens is 386 g/mol. The minimum Gasteiger partial charge on any atom is -0.473 e. The molecule has 0 fully saturated rings. The lowest BCUT2D eigenvalue weighted by Crippen LogP contribution is -1.99. The van der Waals surface area contributed by atoms with Gasteiger partial charge in [0.05, 0.1) is 23.8 Å². The van der Waals surface area contributed by atoms with Crippen molar-refractivity contribution in [2.24, 2.45) is 0 Å². The highest BCUT2D eigenvalue weighted by Crippen LogP contribution is 2.31. The predicted molar refractivity (Wildman–Crippen MR) is 119 cm³/mol. The number of hydrogen-bond donors (Lipinski definition) is 0. The van der Waals surface area contributed by atoms with E-state index in [1.165, 1.54) is 0 Å². The summed E-state index contributed by atoms with van der Waals surface area (Å²) in [4.78, 5) is 17.1. The topological polar surface area (TPSA) is 56.7 Å². The first-order valence-corrected chi connectivity index (χ1v) is 9.76. The maximum Gasteiger partial charge on any atom is 0.254 e. The minimum atomic E-state index is 0.447. The van der Waals surface area contributed by atoms with Crippen molar-refractivity contribution >= 4 is 11.5 Å². The summed E-state index contributed by atoms with van der Waals surface area (Å²) in [6, 6.07) is 23.4. The summed E-state index contributed by atoms with van der Waals surface area (Å²) in [5.41, 5.74) is 5.12. The molecule has 148 valence electrons. The van der Waals surface area contributed by atoms with Crippen molar-refractivity contribution < 1.29 is 4.74 Å².